The van der Waals surface area contributed by atoms with Crippen LogP contribution in [0.1, 0.15) is 49.8 Å². The standard InChI is InChI=1S/C28H33NO5/c1-3-4-8-19-34-23-14-9-13-22(20-23)26-25(24(30)16-15-21-11-6-5-7-12-21)27(31)28(32)29(26)17-10-18-33-2/h5-7,9,11-16,20,26,31H,3-4,8,10,17-19H2,1-2H3/b16-15+. The molecule has 0 saturated carbocycles. The fraction of sp³-hybridized carbons (Fsp3) is 0.357. The number of allylic oxidation sites excluding steroid dienone is 1. The van der Waals surface area contributed by atoms with Gasteiger partial charge in [-0.15, -0.1) is 0 Å². The lowest BCUT2D eigenvalue weighted by Crippen LogP contribution is -2.32. The summed E-state index contributed by atoms with van der Waals surface area (Å²) in [6, 6.07) is 16.1. The van der Waals surface area contributed by atoms with Crippen molar-refractivity contribution in [3.63, 3.8) is 0 Å². The molecule has 0 fully saturated rings. The van der Waals surface area contributed by atoms with Gasteiger partial charge in [0.2, 0.25) is 0 Å². The van der Waals surface area contributed by atoms with Crippen LogP contribution in [0.3, 0.4) is 0 Å². The molecule has 2 aromatic rings. The lowest BCUT2D eigenvalue weighted by atomic mass is 9.95. The second-order valence-corrected chi connectivity index (χ2v) is 8.25. The molecule has 6 heteroatoms. The van der Waals surface area contributed by atoms with Crippen molar-refractivity contribution in [1.29, 1.82) is 0 Å². The number of aliphatic hydroxyl groups is 1. The third-order valence-electron chi connectivity index (χ3n) is 5.73. The van der Waals surface area contributed by atoms with Crippen LogP contribution >= 0.6 is 0 Å². The molecular weight excluding hydrogens is 430 g/mol. The summed E-state index contributed by atoms with van der Waals surface area (Å²) in [4.78, 5) is 27.7. The highest BCUT2D eigenvalue weighted by Gasteiger charge is 2.42. The van der Waals surface area contributed by atoms with E-state index in [2.05, 4.69) is 6.92 Å². The van der Waals surface area contributed by atoms with E-state index in [9.17, 15) is 14.7 Å². The first-order valence-electron chi connectivity index (χ1n) is 11.8. The summed E-state index contributed by atoms with van der Waals surface area (Å²) in [5.74, 6) is -0.773. The highest BCUT2D eigenvalue weighted by molar-refractivity contribution is 6.14. The molecule has 180 valence electrons. The smallest absolute Gasteiger partial charge is 0.290 e. The van der Waals surface area contributed by atoms with Gasteiger partial charge in [0, 0.05) is 20.3 Å². The van der Waals surface area contributed by atoms with Crippen LogP contribution in [0.15, 0.2) is 72.0 Å². The first kappa shape index (κ1) is 25.2. The molecule has 1 amide bonds. The van der Waals surface area contributed by atoms with Crippen molar-refractivity contribution < 1.29 is 24.2 Å². The molecule has 1 atom stereocenters. The zero-order valence-corrected chi connectivity index (χ0v) is 19.9. The van der Waals surface area contributed by atoms with Crippen LogP contribution < -0.4 is 4.74 Å². The highest BCUT2D eigenvalue weighted by Crippen LogP contribution is 2.39. The van der Waals surface area contributed by atoms with E-state index in [1.807, 2.05) is 54.6 Å². The summed E-state index contributed by atoms with van der Waals surface area (Å²) >= 11 is 0. The summed E-state index contributed by atoms with van der Waals surface area (Å²) in [5, 5.41) is 10.7. The molecule has 0 aromatic heterocycles. The molecule has 1 aliphatic heterocycles. The molecule has 0 saturated heterocycles. The fourth-order valence-corrected chi connectivity index (χ4v) is 4.00. The Bertz CT molecular complexity index is 1030. The number of rotatable bonds is 13. The number of carbonyl (C=O) groups excluding carboxylic acids is 2. The monoisotopic (exact) mass is 463 g/mol. The summed E-state index contributed by atoms with van der Waals surface area (Å²) in [6.45, 7) is 3.56. The molecule has 2 aromatic carbocycles. The Morgan fingerprint density at radius 2 is 1.85 bits per heavy atom. The van der Waals surface area contributed by atoms with Gasteiger partial charge >= 0.3 is 0 Å². The normalized spacial score (nSPS) is 16.0. The summed E-state index contributed by atoms with van der Waals surface area (Å²) < 4.78 is 11.0. The number of unbranched alkanes of at least 4 members (excludes halogenated alkanes) is 2. The zero-order chi connectivity index (χ0) is 24.3. The maximum absolute atomic E-state index is 13.2. The lowest BCUT2D eigenvalue weighted by Gasteiger charge is -2.27. The second-order valence-electron chi connectivity index (χ2n) is 8.25. The van der Waals surface area contributed by atoms with Gasteiger partial charge in [-0.05, 0) is 42.2 Å². The number of amides is 1. The molecule has 1 N–H and O–H groups in total. The highest BCUT2D eigenvalue weighted by atomic mass is 16.5. The van der Waals surface area contributed by atoms with Crippen LogP contribution in [0.4, 0.5) is 0 Å². The number of benzene rings is 2. The summed E-state index contributed by atoms with van der Waals surface area (Å²) in [5.41, 5.74) is 1.66. The topological polar surface area (TPSA) is 76.1 Å². The first-order valence-corrected chi connectivity index (χ1v) is 11.8. The van der Waals surface area contributed by atoms with Gasteiger partial charge in [0.25, 0.3) is 5.91 Å². The average Bonchev–Trinajstić information content (AvgIpc) is 3.11. The van der Waals surface area contributed by atoms with Gasteiger partial charge in [-0.1, -0.05) is 68.3 Å². The largest absolute Gasteiger partial charge is 0.503 e. The number of ether oxygens (including phenoxy) is 2. The molecule has 0 radical (unpaired) electrons. The SMILES string of the molecule is CCCCCOc1cccc(C2C(C(=O)/C=C/c3ccccc3)=C(O)C(=O)N2CCCOC)c1. The van der Waals surface area contributed by atoms with E-state index in [-0.39, 0.29) is 5.57 Å². The quantitative estimate of drug-likeness (QED) is 0.323. The molecular formula is C28H33NO5. The van der Waals surface area contributed by atoms with E-state index in [0.29, 0.717) is 31.9 Å². The molecule has 1 aliphatic rings. The minimum absolute atomic E-state index is 0.0812. The van der Waals surface area contributed by atoms with E-state index in [4.69, 9.17) is 9.47 Å². The summed E-state index contributed by atoms with van der Waals surface area (Å²) in [7, 11) is 1.60. The van der Waals surface area contributed by atoms with Crippen molar-refractivity contribution in [2.75, 3.05) is 26.9 Å². The van der Waals surface area contributed by atoms with Gasteiger partial charge in [-0.2, -0.15) is 0 Å². The Morgan fingerprint density at radius 3 is 2.59 bits per heavy atom. The predicted octanol–water partition coefficient (Wildman–Crippen LogP) is 5.27. The van der Waals surface area contributed by atoms with Crippen LogP contribution in [0, 0.1) is 0 Å². The fourth-order valence-electron chi connectivity index (χ4n) is 4.00. The third-order valence-corrected chi connectivity index (χ3v) is 5.73. The van der Waals surface area contributed by atoms with E-state index < -0.39 is 23.5 Å². The second kappa shape index (κ2) is 12.8. The van der Waals surface area contributed by atoms with Crippen LogP contribution in [0.2, 0.25) is 0 Å². The van der Waals surface area contributed by atoms with Gasteiger partial charge in [-0.3, -0.25) is 9.59 Å². The van der Waals surface area contributed by atoms with Crippen molar-refractivity contribution in [3.8, 4) is 5.75 Å². The number of ketones is 1. The minimum atomic E-state index is -0.698. The zero-order valence-electron chi connectivity index (χ0n) is 19.9. The molecule has 3 rings (SSSR count). The Morgan fingerprint density at radius 1 is 1.06 bits per heavy atom. The molecule has 0 spiro atoms. The number of methoxy groups -OCH3 is 1. The Labute approximate surface area is 201 Å². The van der Waals surface area contributed by atoms with Crippen molar-refractivity contribution in [3.05, 3.63) is 83.1 Å². The number of hydrogen-bond acceptors (Lipinski definition) is 5. The predicted molar refractivity (Wildman–Crippen MR) is 133 cm³/mol. The van der Waals surface area contributed by atoms with Gasteiger partial charge in [0.1, 0.15) is 5.75 Å². The Hall–Kier alpha value is -3.38. The molecule has 1 unspecified atom stereocenters. The van der Waals surface area contributed by atoms with E-state index in [1.54, 1.807) is 13.2 Å². The Kier molecular flexibility index (Phi) is 9.47. The van der Waals surface area contributed by atoms with Crippen molar-refractivity contribution in [2.45, 2.75) is 38.6 Å². The van der Waals surface area contributed by atoms with Gasteiger partial charge < -0.3 is 19.5 Å². The Balaban J connectivity index is 1.90. The first-order chi connectivity index (χ1) is 16.6. The summed E-state index contributed by atoms with van der Waals surface area (Å²) in [6.07, 6.45) is 6.83. The average molecular weight is 464 g/mol. The van der Waals surface area contributed by atoms with Crippen molar-refractivity contribution in [1.82, 2.24) is 4.90 Å². The minimum Gasteiger partial charge on any atom is -0.503 e. The van der Waals surface area contributed by atoms with Gasteiger partial charge in [0.05, 0.1) is 18.2 Å². The molecule has 34 heavy (non-hydrogen) atoms. The van der Waals surface area contributed by atoms with Crippen LogP contribution in [0.25, 0.3) is 6.08 Å². The van der Waals surface area contributed by atoms with Gasteiger partial charge in [0.15, 0.2) is 11.5 Å². The van der Waals surface area contributed by atoms with E-state index in [0.717, 1.165) is 30.4 Å². The maximum atomic E-state index is 13.2. The molecule has 0 aliphatic carbocycles. The van der Waals surface area contributed by atoms with Crippen molar-refractivity contribution in [2.24, 2.45) is 0 Å². The lowest BCUT2D eigenvalue weighted by molar-refractivity contribution is -0.129. The number of carbonyl (C=O) groups is 2. The van der Waals surface area contributed by atoms with Gasteiger partial charge in [-0.25, -0.2) is 0 Å². The maximum Gasteiger partial charge on any atom is 0.290 e. The number of nitrogens with zero attached hydrogens (tertiary/aromatic N) is 1. The molecule has 1 heterocycles. The third kappa shape index (κ3) is 6.35. The van der Waals surface area contributed by atoms with E-state index in [1.165, 1.54) is 11.0 Å². The van der Waals surface area contributed by atoms with Crippen LogP contribution in [0.5, 0.6) is 5.75 Å². The number of hydrogen-bond donors (Lipinski definition) is 1. The van der Waals surface area contributed by atoms with E-state index >= 15 is 0 Å². The number of aliphatic hydroxyl groups excluding tert-OH is 1. The van der Waals surface area contributed by atoms with Crippen LogP contribution in [-0.2, 0) is 14.3 Å². The van der Waals surface area contributed by atoms with Crippen LogP contribution in [-0.4, -0.2) is 48.6 Å². The van der Waals surface area contributed by atoms with Crippen molar-refractivity contribution >= 4 is 17.8 Å². The molecule has 6 nitrogen and oxygen atoms in total. The molecule has 0 bridgehead atoms.